The van der Waals surface area contributed by atoms with Gasteiger partial charge in [0.25, 0.3) is 5.89 Å². The zero-order valence-electron chi connectivity index (χ0n) is 23.5. The molecule has 2 aromatic heterocycles. The van der Waals surface area contributed by atoms with Gasteiger partial charge in [0.05, 0.1) is 0 Å². The number of aliphatic hydroxyl groups is 1. The Balaban J connectivity index is 1.50. The van der Waals surface area contributed by atoms with Gasteiger partial charge in [0, 0.05) is 53.0 Å². The van der Waals surface area contributed by atoms with Crippen molar-refractivity contribution in [3.63, 3.8) is 0 Å². The van der Waals surface area contributed by atoms with E-state index in [1.165, 1.54) is 5.56 Å². The lowest BCUT2D eigenvalue weighted by Gasteiger charge is -2.55. The fourth-order valence-electron chi connectivity index (χ4n) is 5.38. The van der Waals surface area contributed by atoms with Crippen LogP contribution < -0.4 is 5.32 Å². The number of rotatable bonds is 7. The Bertz CT molecular complexity index is 1340. The molecular formula is C27H33N5O3. The van der Waals surface area contributed by atoms with Crippen LogP contribution in [0.3, 0.4) is 0 Å². The first-order chi connectivity index (χ1) is 17.8. The lowest BCUT2D eigenvalue weighted by Crippen LogP contribution is -2.63. The molecule has 8 heteroatoms. The van der Waals surface area contributed by atoms with E-state index in [1.807, 2.05) is 25.2 Å². The van der Waals surface area contributed by atoms with Crippen molar-refractivity contribution in [1.29, 1.82) is 0 Å². The first-order valence-corrected chi connectivity index (χ1v) is 11.9. The molecule has 5 rings (SSSR count). The van der Waals surface area contributed by atoms with Crippen LogP contribution in [0, 0.1) is 5.41 Å². The number of hydrogen-bond acceptors (Lipinski definition) is 7. The van der Waals surface area contributed by atoms with Gasteiger partial charge < -0.3 is 19.8 Å². The van der Waals surface area contributed by atoms with Crippen molar-refractivity contribution in [2.75, 3.05) is 20.1 Å². The summed E-state index contributed by atoms with van der Waals surface area (Å²) in [6, 6.07) is 9.91. The average molecular weight is 479 g/mol. The molecule has 1 saturated heterocycles. The number of aromatic nitrogens is 3. The SMILES string of the molecule is [2H]C([2H])([2H])C(=O)NC1(c2nc(-c3cncc([C@@](O)(c4ccc(C(C)C)cc4)C4(C)CN(C)C4)c3)no2)CC1. The minimum absolute atomic E-state index is 0.155. The Morgan fingerprint density at radius 2 is 1.94 bits per heavy atom. The van der Waals surface area contributed by atoms with Crippen molar-refractivity contribution in [3.05, 3.63) is 65.3 Å². The average Bonchev–Trinajstić information content (AvgIpc) is 3.45. The Morgan fingerprint density at radius 1 is 1.23 bits per heavy atom. The molecule has 1 atom stereocenters. The summed E-state index contributed by atoms with van der Waals surface area (Å²) < 4.78 is 27.5. The predicted octanol–water partition coefficient (Wildman–Crippen LogP) is 3.57. The third-order valence-corrected chi connectivity index (χ3v) is 7.46. The Morgan fingerprint density at radius 3 is 2.54 bits per heavy atom. The van der Waals surface area contributed by atoms with Crippen molar-refractivity contribution < 1.29 is 18.5 Å². The second-order valence-electron chi connectivity index (χ2n) is 10.6. The maximum Gasteiger partial charge on any atom is 0.252 e. The molecule has 2 aliphatic rings. The largest absolute Gasteiger partial charge is 0.380 e. The molecule has 3 aromatic rings. The molecule has 1 aromatic carbocycles. The highest BCUT2D eigenvalue weighted by Gasteiger charge is 2.55. The van der Waals surface area contributed by atoms with Crippen molar-refractivity contribution in [3.8, 4) is 11.4 Å². The summed E-state index contributed by atoms with van der Waals surface area (Å²) in [5.74, 6) is -0.273. The molecule has 1 amide bonds. The molecule has 0 unspecified atom stereocenters. The number of pyridine rings is 1. The van der Waals surface area contributed by atoms with Crippen LogP contribution in [0.4, 0.5) is 0 Å². The number of likely N-dealkylation sites (tertiary alicyclic amines) is 1. The van der Waals surface area contributed by atoms with E-state index in [-0.39, 0.29) is 11.7 Å². The van der Waals surface area contributed by atoms with Crippen LogP contribution in [0.1, 0.15) is 73.1 Å². The van der Waals surface area contributed by atoms with Gasteiger partial charge in [-0.2, -0.15) is 4.98 Å². The van der Waals surface area contributed by atoms with E-state index < -0.39 is 29.3 Å². The van der Waals surface area contributed by atoms with Gasteiger partial charge in [0.1, 0.15) is 11.1 Å². The number of nitrogens with one attached hydrogen (secondary N) is 1. The maximum atomic E-state index is 12.4. The van der Waals surface area contributed by atoms with Gasteiger partial charge in [0.15, 0.2) is 0 Å². The zero-order chi connectivity index (χ0) is 27.5. The quantitative estimate of drug-likeness (QED) is 0.535. The molecule has 0 bridgehead atoms. The smallest absolute Gasteiger partial charge is 0.252 e. The lowest BCUT2D eigenvalue weighted by atomic mass is 9.62. The summed E-state index contributed by atoms with van der Waals surface area (Å²) in [6.45, 7) is 5.00. The summed E-state index contributed by atoms with van der Waals surface area (Å²) in [7, 11) is 2.03. The Labute approximate surface area is 210 Å². The van der Waals surface area contributed by atoms with Gasteiger partial charge in [-0.25, -0.2) is 0 Å². The van der Waals surface area contributed by atoms with Crippen molar-refractivity contribution >= 4 is 5.91 Å². The van der Waals surface area contributed by atoms with Gasteiger partial charge in [-0.15, -0.1) is 0 Å². The number of amides is 1. The van der Waals surface area contributed by atoms with Gasteiger partial charge in [-0.3, -0.25) is 9.78 Å². The highest BCUT2D eigenvalue weighted by molar-refractivity contribution is 5.74. The normalized spacial score (nSPS) is 21.8. The van der Waals surface area contributed by atoms with E-state index >= 15 is 0 Å². The monoisotopic (exact) mass is 478 g/mol. The zero-order valence-corrected chi connectivity index (χ0v) is 20.5. The van der Waals surface area contributed by atoms with Crippen molar-refractivity contribution in [1.82, 2.24) is 25.3 Å². The van der Waals surface area contributed by atoms with E-state index in [2.05, 4.69) is 58.2 Å². The summed E-state index contributed by atoms with van der Waals surface area (Å²) in [6.07, 6.45) is 4.28. The van der Waals surface area contributed by atoms with Crippen LogP contribution in [0.15, 0.2) is 47.2 Å². The Kier molecular flexibility index (Phi) is 4.74. The topological polar surface area (TPSA) is 104 Å². The molecule has 2 N–H and O–H groups in total. The van der Waals surface area contributed by atoms with Gasteiger partial charge in [-0.1, -0.05) is 50.2 Å². The van der Waals surface area contributed by atoms with E-state index in [9.17, 15) is 9.90 Å². The summed E-state index contributed by atoms with van der Waals surface area (Å²) in [5, 5.41) is 19.1. The minimum atomic E-state index is -2.76. The molecule has 0 radical (unpaired) electrons. The molecule has 3 heterocycles. The van der Waals surface area contributed by atoms with Crippen LogP contribution >= 0.6 is 0 Å². The molecule has 35 heavy (non-hydrogen) atoms. The van der Waals surface area contributed by atoms with Crippen LogP contribution in [0.25, 0.3) is 11.4 Å². The number of nitrogens with zero attached hydrogens (tertiary/aromatic N) is 4. The van der Waals surface area contributed by atoms with E-state index in [0.717, 1.165) is 5.56 Å². The highest BCUT2D eigenvalue weighted by Crippen LogP contribution is 2.50. The summed E-state index contributed by atoms with van der Waals surface area (Å²) in [5.41, 5.74) is 0.393. The first kappa shape index (κ1) is 20.1. The van der Waals surface area contributed by atoms with E-state index in [4.69, 9.17) is 8.64 Å². The number of benzene rings is 1. The molecule has 8 nitrogen and oxygen atoms in total. The molecule has 184 valence electrons. The lowest BCUT2D eigenvalue weighted by molar-refractivity contribution is -0.127. The molecule has 1 aliphatic heterocycles. The second-order valence-corrected chi connectivity index (χ2v) is 10.6. The number of carbonyl (C=O) groups is 1. The third kappa shape index (κ3) is 3.94. The van der Waals surface area contributed by atoms with Crippen LogP contribution in [0.2, 0.25) is 0 Å². The summed E-state index contributed by atoms with van der Waals surface area (Å²) in [4.78, 5) is 23.1. The predicted molar refractivity (Wildman–Crippen MR) is 131 cm³/mol. The van der Waals surface area contributed by atoms with E-state index in [0.29, 0.717) is 43.0 Å². The van der Waals surface area contributed by atoms with Crippen molar-refractivity contribution in [2.45, 2.75) is 57.5 Å². The minimum Gasteiger partial charge on any atom is -0.380 e. The highest BCUT2D eigenvalue weighted by atomic mass is 16.5. The molecule has 1 saturated carbocycles. The van der Waals surface area contributed by atoms with Gasteiger partial charge >= 0.3 is 0 Å². The van der Waals surface area contributed by atoms with Crippen LogP contribution in [-0.2, 0) is 15.9 Å². The maximum absolute atomic E-state index is 12.4. The molecular weight excluding hydrogens is 442 g/mol. The van der Waals surface area contributed by atoms with Crippen LogP contribution in [0.5, 0.6) is 0 Å². The third-order valence-electron chi connectivity index (χ3n) is 7.46. The molecule has 2 fully saturated rings. The van der Waals surface area contributed by atoms with E-state index in [1.54, 1.807) is 12.4 Å². The van der Waals surface area contributed by atoms with Crippen LogP contribution in [-0.4, -0.2) is 51.2 Å². The van der Waals surface area contributed by atoms with Crippen molar-refractivity contribution in [2.24, 2.45) is 5.41 Å². The Hall–Kier alpha value is -3.10. The fourth-order valence-corrected chi connectivity index (χ4v) is 5.38. The van der Waals surface area contributed by atoms with Gasteiger partial charge in [0.2, 0.25) is 11.7 Å². The second kappa shape index (κ2) is 8.24. The number of carbonyl (C=O) groups excluding carboxylic acids is 1. The summed E-state index contributed by atoms with van der Waals surface area (Å²) >= 11 is 0. The fraction of sp³-hybridized carbons (Fsp3) is 0.481. The standard InChI is InChI=1S/C27H33N5O3/c1-17(2)19-6-8-21(9-7-19)27(34,25(4)15-32(5)16-25)22-12-20(13-28-14-22)23-29-24(35-31-23)26(10-11-26)30-18(3)33/h6-9,12-14,17,34H,10-11,15-16H2,1-5H3,(H,30,33)/t27-/m0/s1/i3D3. The van der Waals surface area contributed by atoms with Gasteiger partial charge in [-0.05, 0) is 43.0 Å². The molecule has 1 aliphatic carbocycles. The molecule has 0 spiro atoms. The number of hydrogen-bond donors (Lipinski definition) is 2. The first-order valence-electron chi connectivity index (χ1n) is 13.4.